The second-order valence-corrected chi connectivity index (χ2v) is 9.13. The van der Waals surface area contributed by atoms with Crippen molar-refractivity contribution in [1.82, 2.24) is 10.3 Å². The van der Waals surface area contributed by atoms with Gasteiger partial charge in [0.1, 0.15) is 11.5 Å². The van der Waals surface area contributed by atoms with Gasteiger partial charge in [-0.25, -0.2) is 17.8 Å². The minimum atomic E-state index is -4.65. The van der Waals surface area contributed by atoms with Gasteiger partial charge in [-0.3, -0.25) is 9.10 Å². The van der Waals surface area contributed by atoms with Gasteiger partial charge in [-0.05, 0) is 48.4 Å². The van der Waals surface area contributed by atoms with Crippen LogP contribution in [0.25, 0.3) is 11.3 Å². The van der Waals surface area contributed by atoms with E-state index in [0.717, 1.165) is 16.4 Å². The molecule has 6 nitrogen and oxygen atoms in total. The Labute approximate surface area is 205 Å². The van der Waals surface area contributed by atoms with Gasteiger partial charge >= 0.3 is 6.18 Å². The molecule has 0 radical (unpaired) electrons. The first-order valence-corrected chi connectivity index (χ1v) is 11.7. The molecule has 1 heterocycles. The highest BCUT2D eigenvalue weighted by molar-refractivity contribution is 7.74. The summed E-state index contributed by atoms with van der Waals surface area (Å²) >= 11 is 5.88. The third-order valence-electron chi connectivity index (χ3n) is 5.30. The Hall–Kier alpha value is -3.18. The van der Waals surface area contributed by atoms with Crippen LogP contribution in [0.3, 0.4) is 0 Å². The van der Waals surface area contributed by atoms with E-state index in [1.807, 2.05) is 0 Å². The molecule has 1 N–H and O–H groups in total. The van der Waals surface area contributed by atoms with Crippen LogP contribution in [0.5, 0.6) is 0 Å². The maximum Gasteiger partial charge on any atom is 0.433 e. The van der Waals surface area contributed by atoms with Crippen LogP contribution in [-0.2, 0) is 28.4 Å². The van der Waals surface area contributed by atoms with Crippen molar-refractivity contribution in [1.29, 1.82) is 0 Å². The molecule has 1 atom stereocenters. The molecule has 0 fully saturated rings. The van der Waals surface area contributed by atoms with Gasteiger partial charge in [0.05, 0.1) is 17.3 Å². The summed E-state index contributed by atoms with van der Waals surface area (Å²) in [5.41, 5.74) is -0.192. The predicted molar refractivity (Wildman–Crippen MR) is 125 cm³/mol. The molecule has 0 spiro atoms. The minimum Gasteiger partial charge on any atom is -0.351 e. The first-order chi connectivity index (χ1) is 16.4. The highest BCUT2D eigenvalue weighted by atomic mass is 35.5. The van der Waals surface area contributed by atoms with Crippen LogP contribution in [0.1, 0.15) is 29.7 Å². The van der Waals surface area contributed by atoms with Crippen molar-refractivity contribution in [3.05, 3.63) is 82.3 Å². The number of nitrogens with one attached hydrogen (secondary N) is 1. The summed E-state index contributed by atoms with van der Waals surface area (Å²) in [5, 5.41) is 3.04. The largest absolute Gasteiger partial charge is 0.433 e. The highest BCUT2D eigenvalue weighted by Gasteiger charge is 2.33. The van der Waals surface area contributed by atoms with E-state index in [9.17, 15) is 30.8 Å². The number of alkyl halides is 3. The van der Waals surface area contributed by atoms with Crippen LogP contribution in [0, 0.1) is 5.82 Å². The number of carbonyl (C=O) groups is 1. The van der Waals surface area contributed by atoms with Crippen molar-refractivity contribution in [3.63, 3.8) is 0 Å². The lowest BCUT2D eigenvalue weighted by Crippen LogP contribution is -2.28. The van der Waals surface area contributed by atoms with Gasteiger partial charge in [0, 0.05) is 24.2 Å². The van der Waals surface area contributed by atoms with E-state index in [-0.39, 0.29) is 17.9 Å². The number of anilines is 1. The monoisotopic (exact) mass is 529 g/mol. The molecule has 3 rings (SSSR count). The molecule has 0 saturated carbocycles. The van der Waals surface area contributed by atoms with E-state index >= 15 is 0 Å². The maximum absolute atomic E-state index is 14.4. The Morgan fingerprint density at radius 1 is 1.11 bits per heavy atom. The Bertz CT molecular complexity index is 1310. The molecule has 0 aliphatic heterocycles. The number of hydrogen-bond donors (Lipinski definition) is 2. The van der Waals surface area contributed by atoms with Gasteiger partial charge in [0.15, 0.2) is 0 Å². The van der Waals surface area contributed by atoms with Crippen molar-refractivity contribution >= 4 is 34.1 Å². The fourth-order valence-corrected chi connectivity index (χ4v) is 3.74. The molecule has 2 aromatic carbocycles. The molecule has 12 heteroatoms. The number of hydrogen-bond acceptors (Lipinski definition) is 4. The summed E-state index contributed by atoms with van der Waals surface area (Å²) in [7, 11) is -1.84. The van der Waals surface area contributed by atoms with Crippen LogP contribution in [0.15, 0.2) is 54.6 Å². The van der Waals surface area contributed by atoms with E-state index in [1.165, 1.54) is 56.4 Å². The van der Waals surface area contributed by atoms with Crippen LogP contribution in [-0.4, -0.2) is 26.4 Å². The summed E-state index contributed by atoms with van der Waals surface area (Å²) < 4.78 is 77.0. The summed E-state index contributed by atoms with van der Waals surface area (Å²) in [4.78, 5) is 16.5. The molecule has 186 valence electrons. The number of aromatic nitrogens is 1. The van der Waals surface area contributed by atoms with Crippen molar-refractivity contribution in [2.24, 2.45) is 0 Å². The second kappa shape index (κ2) is 10.6. The van der Waals surface area contributed by atoms with Crippen molar-refractivity contribution in [2.75, 3.05) is 11.4 Å². The third kappa shape index (κ3) is 6.29. The molecule has 35 heavy (non-hydrogen) atoms. The molecule has 1 amide bonds. The van der Waals surface area contributed by atoms with Gasteiger partial charge in [0.2, 0.25) is 16.8 Å². The van der Waals surface area contributed by atoms with Crippen molar-refractivity contribution in [3.8, 4) is 11.3 Å². The second-order valence-electron chi connectivity index (χ2n) is 7.62. The quantitative estimate of drug-likeness (QED) is 0.335. The summed E-state index contributed by atoms with van der Waals surface area (Å²) in [6.07, 6.45) is -4.65. The number of halogens is 5. The molecular weight excluding hydrogens is 510 g/mol. The minimum absolute atomic E-state index is 0.0367. The molecule has 0 aliphatic carbocycles. The number of rotatable bonds is 7. The lowest BCUT2D eigenvalue weighted by atomic mass is 9.99. The zero-order chi connectivity index (χ0) is 25.9. The molecule has 0 aliphatic rings. The summed E-state index contributed by atoms with van der Waals surface area (Å²) in [6, 6.07) is 11.9. The first kappa shape index (κ1) is 26.4. The predicted octanol–water partition coefficient (Wildman–Crippen LogP) is 4.94. The Morgan fingerprint density at radius 3 is 2.34 bits per heavy atom. The molecule has 0 bridgehead atoms. The lowest BCUT2D eigenvalue weighted by Gasteiger charge is -2.17. The Morgan fingerprint density at radius 2 is 1.77 bits per heavy atom. The van der Waals surface area contributed by atoms with Crippen LogP contribution in [0.4, 0.5) is 23.2 Å². The van der Waals surface area contributed by atoms with Crippen LogP contribution in [0.2, 0.25) is 5.02 Å². The number of pyridine rings is 1. The van der Waals surface area contributed by atoms with Gasteiger partial charge < -0.3 is 5.32 Å². The normalized spacial score (nSPS) is 12.5. The number of thiol groups is 1. The summed E-state index contributed by atoms with van der Waals surface area (Å²) in [5.74, 6) is -2.16. The Balaban J connectivity index is 1.83. The zero-order valence-corrected chi connectivity index (χ0v) is 20.1. The topological polar surface area (TPSA) is 79.4 Å². The lowest BCUT2D eigenvalue weighted by molar-refractivity contribution is -0.141. The summed E-state index contributed by atoms with van der Waals surface area (Å²) in [6.45, 7) is 1.39. The third-order valence-corrected chi connectivity index (χ3v) is 6.26. The first-order valence-electron chi connectivity index (χ1n) is 10.2. The maximum atomic E-state index is 14.4. The van der Waals surface area contributed by atoms with Gasteiger partial charge in [-0.1, -0.05) is 35.9 Å². The standard InChI is InChI=1S/C23H20ClF4N3O3S/c1-13(15-5-9-19(18(25)11-15)31(2)35(33)34)22(32)29-12-16-6-10-20(23(26,27)28)30-21(16)14-3-7-17(24)8-4-14/h3-11,13,35H,12H2,1-2H3,(H,29,32). The highest BCUT2D eigenvalue weighted by Crippen LogP contribution is 2.32. The van der Waals surface area contributed by atoms with E-state index in [4.69, 9.17) is 11.6 Å². The number of amides is 1. The number of carbonyl (C=O) groups excluding carboxylic acids is 1. The van der Waals surface area contributed by atoms with Gasteiger partial charge in [-0.15, -0.1) is 0 Å². The number of nitrogens with zero attached hydrogens (tertiary/aromatic N) is 2. The van der Waals surface area contributed by atoms with E-state index in [1.54, 1.807) is 0 Å². The van der Waals surface area contributed by atoms with E-state index in [2.05, 4.69) is 10.3 Å². The molecule has 1 unspecified atom stereocenters. The fourth-order valence-electron chi connectivity index (χ4n) is 3.28. The molecular formula is C23H20ClF4N3O3S. The fraction of sp³-hybridized carbons (Fsp3) is 0.217. The van der Waals surface area contributed by atoms with Gasteiger partial charge in [0.25, 0.3) is 0 Å². The van der Waals surface area contributed by atoms with Crippen LogP contribution < -0.4 is 9.62 Å². The smallest absolute Gasteiger partial charge is 0.351 e. The van der Waals surface area contributed by atoms with Crippen molar-refractivity contribution in [2.45, 2.75) is 25.6 Å². The van der Waals surface area contributed by atoms with E-state index in [0.29, 0.717) is 21.7 Å². The van der Waals surface area contributed by atoms with Crippen molar-refractivity contribution < 1.29 is 30.8 Å². The number of benzene rings is 2. The average Bonchev–Trinajstić information content (AvgIpc) is 2.81. The van der Waals surface area contributed by atoms with Gasteiger partial charge in [-0.2, -0.15) is 13.2 Å². The average molecular weight is 530 g/mol. The molecule has 0 saturated heterocycles. The zero-order valence-electron chi connectivity index (χ0n) is 18.4. The Kier molecular flexibility index (Phi) is 8.01. The van der Waals surface area contributed by atoms with E-state index < -0.39 is 40.4 Å². The molecule has 3 aromatic rings. The van der Waals surface area contributed by atoms with Crippen LogP contribution >= 0.6 is 11.6 Å². The molecule has 1 aromatic heterocycles. The SMILES string of the molecule is CC(C(=O)NCc1ccc(C(F)(F)F)nc1-c1ccc(Cl)cc1)c1ccc(N(C)[SH](=O)=O)c(F)c1.